The number of alkyl halides is 3. The van der Waals surface area contributed by atoms with Crippen LogP contribution in [0, 0.1) is 17.3 Å². The van der Waals surface area contributed by atoms with Gasteiger partial charge in [0, 0.05) is 55.7 Å². The summed E-state index contributed by atoms with van der Waals surface area (Å²) < 4.78 is 57.1. The minimum atomic E-state index is -4.72. The van der Waals surface area contributed by atoms with Crippen molar-refractivity contribution in [3.8, 4) is 0 Å². The van der Waals surface area contributed by atoms with Crippen LogP contribution in [0.3, 0.4) is 0 Å². The zero-order valence-corrected chi connectivity index (χ0v) is 49.3. The number of hydroxylamine groups is 1. The Labute approximate surface area is 497 Å². The number of fused-ring (bicyclic) bond motifs is 1. The molecule has 26 heteroatoms. The van der Waals surface area contributed by atoms with E-state index in [1.165, 1.54) is 49.9 Å². The molecule has 0 radical (unpaired) electrons. The third-order valence-electron chi connectivity index (χ3n) is 16.4. The van der Waals surface area contributed by atoms with Crippen molar-refractivity contribution in [2.75, 3.05) is 59.3 Å². The molecule has 1 aliphatic carbocycles. The number of para-hydroxylation sites is 2. The topological polar surface area (TPSA) is 287 Å². The van der Waals surface area contributed by atoms with Gasteiger partial charge in [-0.05, 0) is 73.8 Å². The molecule has 0 spiro atoms. The third-order valence-corrected chi connectivity index (χ3v) is 16.4. The molecule has 23 nitrogen and oxygen atoms in total. The van der Waals surface area contributed by atoms with Crippen LogP contribution in [0.2, 0.25) is 0 Å². The lowest BCUT2D eigenvalue weighted by Gasteiger charge is -2.37. The van der Waals surface area contributed by atoms with Crippen LogP contribution in [0.25, 0.3) is 11.0 Å². The van der Waals surface area contributed by atoms with Gasteiger partial charge in [-0.15, -0.1) is 15.3 Å². The van der Waals surface area contributed by atoms with Crippen molar-refractivity contribution in [2.45, 2.75) is 141 Å². The number of carbonyl (C=O) groups excluding carboxylic acids is 6. The lowest BCUT2D eigenvalue weighted by Crippen LogP contribution is -2.58. The first kappa shape index (κ1) is 64.3. The molecule has 6 amide bonds. The normalized spacial score (nSPS) is 18.3. The second-order valence-corrected chi connectivity index (χ2v) is 23.7. The largest absolute Gasteiger partial charge is 0.442 e. The van der Waals surface area contributed by atoms with Crippen LogP contribution >= 0.6 is 0 Å². The summed E-state index contributed by atoms with van der Waals surface area (Å²) in [7, 11) is 5.80. The molecule has 2 aliphatic heterocycles. The fourth-order valence-electron chi connectivity index (χ4n) is 11.1. The van der Waals surface area contributed by atoms with Crippen LogP contribution in [0.4, 0.5) is 18.9 Å². The van der Waals surface area contributed by atoms with Gasteiger partial charge in [-0.25, -0.2) is 15.1 Å². The average Bonchev–Trinajstić information content (AvgIpc) is 1.65. The highest BCUT2D eigenvalue weighted by Gasteiger charge is 2.65. The van der Waals surface area contributed by atoms with Gasteiger partial charge in [0.2, 0.25) is 29.5 Å². The summed E-state index contributed by atoms with van der Waals surface area (Å²) in [5.41, 5.74) is 0.728. The number of hydrogen-bond acceptors (Lipinski definition) is 14. The van der Waals surface area contributed by atoms with E-state index in [1.54, 1.807) is 16.4 Å². The van der Waals surface area contributed by atoms with Gasteiger partial charge in [0.05, 0.1) is 58.1 Å². The number of ether oxygens (including phenoxy) is 2. The zero-order chi connectivity index (χ0) is 61.5. The first-order valence-electron chi connectivity index (χ1n) is 29.6. The first-order chi connectivity index (χ1) is 41.2. The number of amides is 6. The molecule has 8 rings (SSSR count). The number of nitrogens with one attached hydrogen (secondary N) is 6. The van der Waals surface area contributed by atoms with Gasteiger partial charge in [0.1, 0.15) is 24.6 Å². The third kappa shape index (κ3) is 16.8. The van der Waals surface area contributed by atoms with Gasteiger partial charge >= 0.3 is 11.8 Å². The molecule has 464 valence electrons. The Morgan fingerprint density at radius 2 is 1.45 bits per heavy atom. The van der Waals surface area contributed by atoms with E-state index in [0.29, 0.717) is 103 Å². The predicted octanol–water partition coefficient (Wildman–Crippen LogP) is 6.65. The summed E-state index contributed by atoms with van der Waals surface area (Å²) >= 11 is 0. The maximum Gasteiger partial charge on any atom is 0.442 e. The van der Waals surface area contributed by atoms with Crippen LogP contribution in [0.15, 0.2) is 89.2 Å². The second kappa shape index (κ2) is 29.1. The maximum atomic E-state index is 14.4. The molecule has 3 aliphatic rings. The van der Waals surface area contributed by atoms with Crippen molar-refractivity contribution in [1.82, 2.24) is 51.3 Å². The van der Waals surface area contributed by atoms with Crippen LogP contribution in [-0.4, -0.2) is 136 Å². The molecule has 4 heterocycles. The van der Waals surface area contributed by atoms with E-state index in [1.807, 2.05) is 74.2 Å². The minimum Gasteiger partial charge on any atom is -0.355 e. The molecule has 5 aromatic rings. The van der Waals surface area contributed by atoms with Crippen molar-refractivity contribution in [3.63, 3.8) is 0 Å². The molecule has 1 saturated carbocycles. The van der Waals surface area contributed by atoms with Gasteiger partial charge in [0.25, 0.3) is 5.91 Å². The molecule has 0 bridgehead atoms. The van der Waals surface area contributed by atoms with Crippen molar-refractivity contribution < 1.29 is 61.1 Å². The fraction of sp³-hybridized carbons (Fsp3) is 0.550. The molecule has 2 unspecified atom stereocenters. The number of hydrogen-bond donors (Lipinski definition) is 7. The van der Waals surface area contributed by atoms with Gasteiger partial charge in [-0.1, -0.05) is 99.2 Å². The van der Waals surface area contributed by atoms with E-state index >= 15 is 0 Å². The molecule has 86 heavy (non-hydrogen) atoms. The lowest BCUT2D eigenvalue weighted by atomic mass is 9.86. The maximum absolute atomic E-state index is 14.4. The monoisotopic (exact) mass is 1200 g/mol. The van der Waals surface area contributed by atoms with Crippen LogP contribution < -0.4 is 32.1 Å². The molecule has 2 aromatic heterocycles. The highest BCUT2D eigenvalue weighted by atomic mass is 19.4. The highest BCUT2D eigenvalue weighted by Crippen LogP contribution is 2.52. The van der Waals surface area contributed by atoms with E-state index in [-0.39, 0.29) is 55.9 Å². The van der Waals surface area contributed by atoms with Gasteiger partial charge in [0.15, 0.2) is 17.7 Å². The van der Waals surface area contributed by atoms with E-state index in [2.05, 4.69) is 54.0 Å². The van der Waals surface area contributed by atoms with Gasteiger partial charge in [-0.2, -0.15) is 13.2 Å². The smallest absolute Gasteiger partial charge is 0.355 e. The van der Waals surface area contributed by atoms with Crippen LogP contribution in [0.1, 0.15) is 125 Å². The number of unbranched alkanes of at least 4 members (excludes halogenated alkanes) is 4. The number of nitrogens with zero attached hydrogens (tertiary/aromatic N) is 8. The molecule has 1 saturated heterocycles. The Morgan fingerprint density at radius 3 is 2.12 bits per heavy atom. The molecule has 3 aromatic carbocycles. The van der Waals surface area contributed by atoms with E-state index in [9.17, 15) is 41.9 Å². The van der Waals surface area contributed by atoms with Crippen molar-refractivity contribution in [1.29, 1.82) is 0 Å². The minimum absolute atomic E-state index is 0.0533. The first-order valence-corrected chi connectivity index (χ1v) is 29.6. The van der Waals surface area contributed by atoms with Crippen molar-refractivity contribution in [3.05, 3.63) is 107 Å². The Hall–Kier alpha value is -7.68. The summed E-state index contributed by atoms with van der Waals surface area (Å²) in [6.07, 6.45) is 6.11. The number of rotatable bonds is 31. The summed E-state index contributed by atoms with van der Waals surface area (Å²) in [5.74, 6) is -0.643. The number of benzene rings is 3. The Morgan fingerprint density at radius 1 is 0.779 bits per heavy atom. The van der Waals surface area contributed by atoms with Gasteiger partial charge in [-0.3, -0.25) is 34.0 Å². The van der Waals surface area contributed by atoms with E-state index in [0.717, 1.165) is 23.9 Å². The average molecular weight is 1200 g/mol. The molecule has 2 atom stereocenters. The molecule has 2 fully saturated rings. The standard InChI is InChI=1S/C60H79F3N14O9/c1-40(42-15-9-10-16-42)33-66-53(80)37-76-48-18-12-11-17-47(48)69-50(76)36-75-35-46(70-74-75)34-67-57(83)58(38-85-55(86-39-58)43-24-26-44(27-25-43)59(72-73-59)60(61,62)63)56(82)65-31-14-13-19-49(77(2,3)4)54(81)64-32-30-41-22-28-45(29-23-41)68-51(78)20-7-5-6-8-21-52(79)71-84/h11-12,17-18,22-29,35,40,42,49,55H,5-10,13-16,19-21,30-34,36-39H2,1-4H3,(H6-,64,65,66,67,68,70,71,72,73,74,78,79,80,81,82,83,84)/p+1. The Kier molecular flexibility index (Phi) is 21.8. The molecular formula is C60H80F3N14O9+. The second-order valence-electron chi connectivity index (χ2n) is 23.7. The predicted molar refractivity (Wildman–Crippen MR) is 309 cm³/mol. The molecule has 7 N–H and O–H groups in total. The number of carbonyl (C=O) groups is 6. The SMILES string of the molecule is CC(CNC(=O)Cn1c(Cn2cc(CNC(=O)C3(C(=O)NCCCCC(C(=O)NCCc4ccc(NC(=O)CCCCCCC(=O)NO)cc4)[N+](C)(C)C)COC(c4ccc(C5(C(F)(F)F)N=N5)cc4)OC3)nn2)nc2ccccc21)C1CCCC1. The number of anilines is 1. The number of halogens is 3. The Bertz CT molecular complexity index is 3140. The van der Waals surface area contributed by atoms with E-state index < -0.39 is 60.5 Å². The van der Waals surface area contributed by atoms with Crippen molar-refractivity contribution in [2.24, 2.45) is 27.5 Å². The summed E-state index contributed by atoms with van der Waals surface area (Å²) in [6.45, 7) is 2.47. The zero-order valence-electron chi connectivity index (χ0n) is 49.3. The number of quaternary nitrogens is 1. The van der Waals surface area contributed by atoms with Gasteiger partial charge < -0.3 is 45.1 Å². The number of imidazole rings is 1. The molecular weight excluding hydrogens is 1120 g/mol. The summed E-state index contributed by atoms with van der Waals surface area (Å²) in [4.78, 5) is 84.1. The Balaban J connectivity index is 0.838. The quantitative estimate of drug-likeness (QED) is 0.00807. The van der Waals surface area contributed by atoms with Crippen LogP contribution in [-0.2, 0) is 70.0 Å². The van der Waals surface area contributed by atoms with Crippen molar-refractivity contribution >= 4 is 52.2 Å². The summed E-state index contributed by atoms with van der Waals surface area (Å²) in [6, 6.07) is 19.8. The fourth-order valence-corrected chi connectivity index (χ4v) is 11.1. The summed E-state index contributed by atoms with van der Waals surface area (Å²) in [5, 5.41) is 38.5. The number of aromatic nitrogens is 5. The highest BCUT2D eigenvalue weighted by molar-refractivity contribution is 6.05. The number of likely N-dealkylation sites (N-methyl/N-ethyl adjacent to an activating group) is 1. The van der Waals surface area contributed by atoms with Crippen LogP contribution in [0.5, 0.6) is 0 Å². The lowest BCUT2D eigenvalue weighted by molar-refractivity contribution is -0.886. The van der Waals surface area contributed by atoms with E-state index in [4.69, 9.17) is 19.7 Å².